The number of esters is 1. The molecule has 0 aliphatic carbocycles. The Kier molecular flexibility index (Phi) is 6.14. The van der Waals surface area contributed by atoms with Gasteiger partial charge in [-0.25, -0.2) is 4.79 Å². The van der Waals surface area contributed by atoms with E-state index in [0.717, 1.165) is 16.3 Å². The minimum absolute atomic E-state index is 0.0314. The highest BCUT2D eigenvalue weighted by Crippen LogP contribution is 2.45. The fraction of sp³-hybridized carbons (Fsp3) is 0.0714. The first kappa shape index (κ1) is 23.4. The third kappa shape index (κ3) is 4.51. The fourth-order valence-electron chi connectivity index (χ4n) is 4.35. The van der Waals surface area contributed by atoms with Crippen LogP contribution in [0.3, 0.4) is 0 Å². The summed E-state index contributed by atoms with van der Waals surface area (Å²) in [4.78, 5) is 22.9. The van der Waals surface area contributed by atoms with Gasteiger partial charge >= 0.3 is 11.7 Å². The molecule has 9 nitrogen and oxygen atoms in total. The lowest BCUT2D eigenvalue weighted by Gasteiger charge is -2.27. The molecule has 0 radical (unpaired) electrons. The zero-order valence-electron chi connectivity index (χ0n) is 19.3. The summed E-state index contributed by atoms with van der Waals surface area (Å²) >= 11 is 0. The van der Waals surface area contributed by atoms with Gasteiger partial charge in [0.05, 0.1) is 10.8 Å². The molecule has 5 rings (SSSR count). The Labute approximate surface area is 211 Å². The van der Waals surface area contributed by atoms with Gasteiger partial charge in [0.2, 0.25) is 5.88 Å². The van der Waals surface area contributed by atoms with E-state index in [2.05, 4.69) is 6.07 Å². The number of nitro groups is 1. The van der Waals surface area contributed by atoms with E-state index in [0.29, 0.717) is 11.3 Å². The molecule has 1 aliphatic heterocycles. The van der Waals surface area contributed by atoms with Crippen molar-refractivity contribution < 1.29 is 23.9 Å². The molecule has 0 aromatic heterocycles. The molecule has 2 N–H and O–H groups in total. The normalized spacial score (nSPS) is 14.3. The number of nitrogens with zero attached hydrogens (tertiary/aromatic N) is 2. The summed E-state index contributed by atoms with van der Waals surface area (Å²) in [5.41, 5.74) is 7.74. The average Bonchev–Trinajstić information content (AvgIpc) is 2.91. The molecule has 37 heavy (non-hydrogen) atoms. The number of benzene rings is 4. The van der Waals surface area contributed by atoms with Crippen LogP contribution in [0.4, 0.5) is 5.69 Å². The van der Waals surface area contributed by atoms with Gasteiger partial charge in [-0.3, -0.25) is 10.1 Å². The number of fused-ring (bicyclic) bond motifs is 2. The molecule has 0 fully saturated rings. The summed E-state index contributed by atoms with van der Waals surface area (Å²) in [7, 11) is 0. The van der Waals surface area contributed by atoms with Crippen molar-refractivity contribution in [3.8, 4) is 23.3 Å². The van der Waals surface area contributed by atoms with E-state index in [9.17, 15) is 20.2 Å². The average molecular weight is 493 g/mol. The van der Waals surface area contributed by atoms with E-state index in [-0.39, 0.29) is 28.6 Å². The van der Waals surface area contributed by atoms with Gasteiger partial charge in [-0.15, -0.1) is 0 Å². The Morgan fingerprint density at radius 2 is 1.78 bits per heavy atom. The largest absolute Gasteiger partial charge is 0.475 e. The molecule has 0 bridgehead atoms. The Hall–Kier alpha value is -5.36. The van der Waals surface area contributed by atoms with Gasteiger partial charge in [0, 0.05) is 17.7 Å². The van der Waals surface area contributed by atoms with Gasteiger partial charge in [0.25, 0.3) is 0 Å². The second-order valence-electron chi connectivity index (χ2n) is 8.18. The molecular weight excluding hydrogens is 474 g/mol. The number of hydrogen-bond acceptors (Lipinski definition) is 8. The van der Waals surface area contributed by atoms with Crippen molar-refractivity contribution in [2.24, 2.45) is 5.73 Å². The molecule has 0 saturated heterocycles. The highest BCUT2D eigenvalue weighted by atomic mass is 16.6. The quantitative estimate of drug-likeness (QED) is 0.172. The number of carbonyl (C=O) groups excluding carboxylic acids is 1. The first-order valence-electron chi connectivity index (χ1n) is 11.2. The van der Waals surface area contributed by atoms with Crippen molar-refractivity contribution in [3.63, 3.8) is 0 Å². The Balaban J connectivity index is 1.42. The van der Waals surface area contributed by atoms with Gasteiger partial charge in [-0.05, 0) is 28.5 Å². The summed E-state index contributed by atoms with van der Waals surface area (Å²) in [5.74, 6) is -0.805. The predicted octanol–water partition coefficient (Wildman–Crippen LogP) is 4.95. The Bertz CT molecular complexity index is 1620. The van der Waals surface area contributed by atoms with Crippen molar-refractivity contribution in [1.29, 1.82) is 5.26 Å². The number of allylic oxidation sites excluding steroid dienone is 1. The monoisotopic (exact) mass is 493 g/mol. The van der Waals surface area contributed by atoms with Crippen molar-refractivity contribution in [1.82, 2.24) is 0 Å². The SMILES string of the molecule is N#CC1=C(N)Oc2cc(OC(=O)COc3ccccc3[N+](=O)[O-])ccc2C1c1cccc2ccccc12. The van der Waals surface area contributed by atoms with Crippen LogP contribution in [0.15, 0.2) is 96.4 Å². The summed E-state index contributed by atoms with van der Waals surface area (Å²) in [6, 6.07) is 26.4. The number of ether oxygens (including phenoxy) is 3. The van der Waals surface area contributed by atoms with Crippen LogP contribution in [0.1, 0.15) is 17.0 Å². The molecule has 182 valence electrons. The van der Waals surface area contributed by atoms with Crippen LogP contribution in [-0.4, -0.2) is 17.5 Å². The van der Waals surface area contributed by atoms with Crippen molar-refractivity contribution in [2.75, 3.05) is 6.61 Å². The topological polar surface area (TPSA) is 138 Å². The van der Waals surface area contributed by atoms with Gasteiger partial charge < -0.3 is 19.9 Å². The number of nitriles is 1. The summed E-state index contributed by atoms with van der Waals surface area (Å²) in [5, 5.41) is 23.0. The van der Waals surface area contributed by atoms with Crippen molar-refractivity contribution in [2.45, 2.75) is 5.92 Å². The maximum Gasteiger partial charge on any atom is 0.349 e. The smallest absolute Gasteiger partial charge is 0.349 e. The zero-order valence-corrected chi connectivity index (χ0v) is 19.3. The highest BCUT2D eigenvalue weighted by Gasteiger charge is 2.32. The van der Waals surface area contributed by atoms with E-state index in [1.165, 1.54) is 24.3 Å². The molecular formula is C28H19N3O6. The maximum absolute atomic E-state index is 12.4. The lowest BCUT2D eigenvalue weighted by Crippen LogP contribution is -2.22. The number of carbonyl (C=O) groups is 1. The number of nitrogens with two attached hydrogens (primary N) is 1. The molecule has 0 spiro atoms. The number of rotatable bonds is 6. The minimum Gasteiger partial charge on any atom is -0.475 e. The standard InChI is InChI=1S/C28H19N3O6/c29-15-22-27(20-9-5-7-17-6-1-2-8-19(17)20)21-13-12-18(14-25(21)37-28(22)30)36-26(32)16-35-24-11-4-3-10-23(24)31(33)34/h1-14,27H,16,30H2. The second-order valence-corrected chi connectivity index (χ2v) is 8.18. The maximum atomic E-state index is 12.4. The van der Waals surface area contributed by atoms with Crippen LogP contribution in [0, 0.1) is 21.4 Å². The van der Waals surface area contributed by atoms with Crippen molar-refractivity contribution >= 4 is 22.4 Å². The molecule has 0 saturated carbocycles. The summed E-state index contributed by atoms with van der Waals surface area (Å²) < 4.78 is 16.4. The molecule has 0 amide bonds. The van der Waals surface area contributed by atoms with E-state index in [4.69, 9.17) is 19.9 Å². The number of hydrogen-bond donors (Lipinski definition) is 1. The molecule has 4 aromatic rings. The lowest BCUT2D eigenvalue weighted by atomic mass is 9.81. The van der Waals surface area contributed by atoms with Gasteiger partial charge in [-0.1, -0.05) is 60.7 Å². The first-order chi connectivity index (χ1) is 18.0. The van der Waals surface area contributed by atoms with Crippen LogP contribution in [-0.2, 0) is 4.79 Å². The third-order valence-electron chi connectivity index (χ3n) is 5.96. The van der Waals surface area contributed by atoms with Crippen LogP contribution in [0.5, 0.6) is 17.2 Å². The van der Waals surface area contributed by atoms with Crippen LogP contribution >= 0.6 is 0 Å². The lowest BCUT2D eigenvalue weighted by molar-refractivity contribution is -0.385. The van der Waals surface area contributed by atoms with Crippen molar-refractivity contribution in [3.05, 3.63) is 118 Å². The molecule has 1 atom stereocenters. The van der Waals surface area contributed by atoms with Gasteiger partial charge in [0.15, 0.2) is 12.4 Å². The fourth-order valence-corrected chi connectivity index (χ4v) is 4.35. The van der Waals surface area contributed by atoms with E-state index in [1.54, 1.807) is 18.2 Å². The highest BCUT2D eigenvalue weighted by molar-refractivity contribution is 5.87. The van der Waals surface area contributed by atoms with E-state index >= 15 is 0 Å². The van der Waals surface area contributed by atoms with Gasteiger partial charge in [0.1, 0.15) is 23.1 Å². The molecule has 9 heteroatoms. The Morgan fingerprint density at radius 3 is 2.59 bits per heavy atom. The number of nitro benzene ring substituents is 1. The molecule has 1 heterocycles. The van der Waals surface area contributed by atoms with E-state index in [1.807, 2.05) is 42.5 Å². The number of para-hydroxylation sites is 2. The van der Waals surface area contributed by atoms with Crippen LogP contribution in [0.25, 0.3) is 10.8 Å². The van der Waals surface area contributed by atoms with Gasteiger partial charge in [-0.2, -0.15) is 5.26 Å². The first-order valence-corrected chi connectivity index (χ1v) is 11.2. The minimum atomic E-state index is -0.763. The summed E-state index contributed by atoms with van der Waals surface area (Å²) in [6.07, 6.45) is 0. The third-order valence-corrected chi connectivity index (χ3v) is 5.96. The second kappa shape index (κ2) is 9.71. The van der Waals surface area contributed by atoms with Crippen LogP contribution in [0.2, 0.25) is 0 Å². The van der Waals surface area contributed by atoms with Crippen LogP contribution < -0.4 is 19.9 Å². The zero-order chi connectivity index (χ0) is 25.9. The molecule has 1 unspecified atom stereocenters. The molecule has 1 aliphatic rings. The van der Waals surface area contributed by atoms with E-state index < -0.39 is 23.4 Å². The predicted molar refractivity (Wildman–Crippen MR) is 134 cm³/mol. The Morgan fingerprint density at radius 1 is 1.03 bits per heavy atom. The summed E-state index contributed by atoms with van der Waals surface area (Å²) in [6.45, 7) is -0.540. The molecule has 4 aromatic carbocycles.